The standard InChI is InChI=1S/C16H24N2O3/c1-11-6-12(2)8-14(7-11)21-10-13-4-5-15(17-3)16(9-13)18(19)20/h4-5,9,11-12,14,17H,6-8,10H2,1-3H3. The van der Waals surface area contributed by atoms with E-state index in [-0.39, 0.29) is 16.7 Å². The summed E-state index contributed by atoms with van der Waals surface area (Å²) in [7, 11) is 1.68. The van der Waals surface area contributed by atoms with Gasteiger partial charge in [0.1, 0.15) is 5.69 Å². The molecule has 5 heteroatoms. The number of ether oxygens (including phenoxy) is 1. The van der Waals surface area contributed by atoms with E-state index in [4.69, 9.17) is 4.74 Å². The van der Waals surface area contributed by atoms with Crippen molar-refractivity contribution in [2.45, 2.75) is 45.8 Å². The van der Waals surface area contributed by atoms with Gasteiger partial charge in [-0.1, -0.05) is 19.9 Å². The minimum Gasteiger partial charge on any atom is -0.383 e. The molecule has 0 saturated heterocycles. The molecule has 2 atom stereocenters. The van der Waals surface area contributed by atoms with Gasteiger partial charge < -0.3 is 10.1 Å². The van der Waals surface area contributed by atoms with Gasteiger partial charge in [-0.2, -0.15) is 0 Å². The molecule has 0 aliphatic heterocycles. The van der Waals surface area contributed by atoms with Gasteiger partial charge >= 0.3 is 0 Å². The first-order valence-electron chi connectivity index (χ1n) is 7.56. The van der Waals surface area contributed by atoms with Gasteiger partial charge in [-0.05, 0) is 42.7 Å². The van der Waals surface area contributed by atoms with Crippen LogP contribution in [0, 0.1) is 22.0 Å². The summed E-state index contributed by atoms with van der Waals surface area (Å²) in [6, 6.07) is 5.22. The van der Waals surface area contributed by atoms with Crippen molar-refractivity contribution in [3.8, 4) is 0 Å². The number of rotatable bonds is 5. The maximum atomic E-state index is 11.0. The van der Waals surface area contributed by atoms with Gasteiger partial charge in [0.2, 0.25) is 0 Å². The lowest BCUT2D eigenvalue weighted by atomic mass is 9.82. The first kappa shape index (κ1) is 15.8. The van der Waals surface area contributed by atoms with Crippen LogP contribution in [-0.4, -0.2) is 18.1 Å². The molecule has 1 fully saturated rings. The van der Waals surface area contributed by atoms with Gasteiger partial charge in [-0.3, -0.25) is 10.1 Å². The molecule has 1 aliphatic carbocycles. The van der Waals surface area contributed by atoms with Crippen molar-refractivity contribution in [2.75, 3.05) is 12.4 Å². The molecule has 0 aromatic heterocycles. The van der Waals surface area contributed by atoms with Crippen molar-refractivity contribution in [2.24, 2.45) is 11.8 Å². The van der Waals surface area contributed by atoms with Crippen LogP contribution in [0.25, 0.3) is 0 Å². The summed E-state index contributed by atoms with van der Waals surface area (Å²) in [5.41, 5.74) is 1.49. The fraction of sp³-hybridized carbons (Fsp3) is 0.625. The molecule has 0 spiro atoms. The predicted octanol–water partition coefficient (Wildman–Crippen LogP) is 3.98. The fourth-order valence-electron chi connectivity index (χ4n) is 3.25. The van der Waals surface area contributed by atoms with E-state index in [0.29, 0.717) is 24.1 Å². The van der Waals surface area contributed by atoms with E-state index < -0.39 is 0 Å². The van der Waals surface area contributed by atoms with E-state index >= 15 is 0 Å². The van der Waals surface area contributed by atoms with Crippen molar-refractivity contribution >= 4 is 11.4 Å². The van der Waals surface area contributed by atoms with Crippen molar-refractivity contribution < 1.29 is 9.66 Å². The summed E-state index contributed by atoms with van der Waals surface area (Å²) in [6.07, 6.45) is 3.70. The van der Waals surface area contributed by atoms with Gasteiger partial charge in [-0.25, -0.2) is 0 Å². The van der Waals surface area contributed by atoms with Crippen LogP contribution in [0.4, 0.5) is 11.4 Å². The van der Waals surface area contributed by atoms with Gasteiger partial charge in [0.25, 0.3) is 5.69 Å². The van der Waals surface area contributed by atoms with Gasteiger partial charge in [-0.15, -0.1) is 0 Å². The Balaban J connectivity index is 2.00. The third kappa shape index (κ3) is 4.17. The molecule has 116 valence electrons. The Morgan fingerprint density at radius 3 is 2.52 bits per heavy atom. The Morgan fingerprint density at radius 1 is 1.29 bits per heavy atom. The number of nitro benzene ring substituents is 1. The topological polar surface area (TPSA) is 64.4 Å². The number of benzene rings is 1. The van der Waals surface area contributed by atoms with Crippen LogP contribution < -0.4 is 5.32 Å². The summed E-state index contributed by atoms with van der Waals surface area (Å²) < 4.78 is 5.98. The predicted molar refractivity (Wildman–Crippen MR) is 83.4 cm³/mol. The van der Waals surface area contributed by atoms with E-state index in [1.54, 1.807) is 19.2 Å². The van der Waals surface area contributed by atoms with Crippen LogP contribution >= 0.6 is 0 Å². The Bertz CT molecular complexity index is 494. The van der Waals surface area contributed by atoms with E-state index in [2.05, 4.69) is 19.2 Å². The second kappa shape index (κ2) is 6.89. The van der Waals surface area contributed by atoms with Gasteiger partial charge in [0.05, 0.1) is 17.6 Å². The summed E-state index contributed by atoms with van der Waals surface area (Å²) in [5, 5.41) is 13.9. The van der Waals surface area contributed by atoms with Crippen LogP contribution in [0.5, 0.6) is 0 Å². The van der Waals surface area contributed by atoms with Crippen LogP contribution in [0.1, 0.15) is 38.7 Å². The molecule has 1 aliphatic rings. The van der Waals surface area contributed by atoms with E-state index in [0.717, 1.165) is 18.4 Å². The number of hydrogen-bond acceptors (Lipinski definition) is 4. The molecule has 21 heavy (non-hydrogen) atoms. The normalized spacial score (nSPS) is 25.6. The smallest absolute Gasteiger partial charge is 0.292 e. The molecule has 1 saturated carbocycles. The van der Waals surface area contributed by atoms with Crippen LogP contribution in [0.2, 0.25) is 0 Å². The molecule has 0 heterocycles. The molecule has 2 unspecified atom stereocenters. The zero-order chi connectivity index (χ0) is 15.4. The van der Waals surface area contributed by atoms with Crippen molar-refractivity contribution in [3.05, 3.63) is 33.9 Å². The molecule has 0 amide bonds. The van der Waals surface area contributed by atoms with Crippen LogP contribution in [-0.2, 0) is 11.3 Å². The molecule has 0 bridgehead atoms. The second-order valence-corrected chi connectivity index (χ2v) is 6.21. The average molecular weight is 292 g/mol. The number of nitrogens with zero attached hydrogens (tertiary/aromatic N) is 1. The maximum Gasteiger partial charge on any atom is 0.292 e. The fourth-order valence-corrected chi connectivity index (χ4v) is 3.25. The minimum atomic E-state index is -0.361. The Morgan fingerprint density at radius 2 is 1.95 bits per heavy atom. The van der Waals surface area contributed by atoms with Crippen molar-refractivity contribution in [3.63, 3.8) is 0 Å². The second-order valence-electron chi connectivity index (χ2n) is 6.21. The summed E-state index contributed by atoms with van der Waals surface area (Å²) in [6.45, 7) is 4.96. The highest BCUT2D eigenvalue weighted by Gasteiger charge is 2.24. The van der Waals surface area contributed by atoms with E-state index in [1.165, 1.54) is 6.42 Å². The molecule has 1 N–H and O–H groups in total. The number of anilines is 1. The lowest BCUT2D eigenvalue weighted by Gasteiger charge is -2.31. The van der Waals surface area contributed by atoms with Gasteiger partial charge in [0, 0.05) is 13.1 Å². The van der Waals surface area contributed by atoms with Gasteiger partial charge in [0.15, 0.2) is 0 Å². The SMILES string of the molecule is CNc1ccc(COC2CC(C)CC(C)C2)cc1[N+](=O)[O-]. The third-order valence-electron chi connectivity index (χ3n) is 4.15. The molecule has 1 aromatic rings. The summed E-state index contributed by atoms with van der Waals surface area (Å²) in [5.74, 6) is 1.39. The highest BCUT2D eigenvalue weighted by Crippen LogP contribution is 2.31. The number of hydrogen-bond donors (Lipinski definition) is 1. The number of nitrogens with one attached hydrogen (secondary N) is 1. The molecule has 1 aromatic carbocycles. The first-order chi connectivity index (χ1) is 9.99. The largest absolute Gasteiger partial charge is 0.383 e. The molecule has 5 nitrogen and oxygen atoms in total. The lowest BCUT2D eigenvalue weighted by Crippen LogP contribution is -2.26. The molecular weight excluding hydrogens is 268 g/mol. The van der Waals surface area contributed by atoms with Crippen LogP contribution in [0.3, 0.4) is 0 Å². The molecule has 2 rings (SSSR count). The maximum absolute atomic E-state index is 11.0. The minimum absolute atomic E-state index is 0.101. The zero-order valence-electron chi connectivity index (χ0n) is 13.0. The van der Waals surface area contributed by atoms with Crippen molar-refractivity contribution in [1.82, 2.24) is 0 Å². The van der Waals surface area contributed by atoms with E-state index in [9.17, 15) is 10.1 Å². The Hall–Kier alpha value is -1.62. The summed E-state index contributed by atoms with van der Waals surface area (Å²) in [4.78, 5) is 10.7. The Labute approximate surface area is 125 Å². The lowest BCUT2D eigenvalue weighted by molar-refractivity contribution is -0.384. The van der Waals surface area contributed by atoms with Crippen LogP contribution in [0.15, 0.2) is 18.2 Å². The third-order valence-corrected chi connectivity index (χ3v) is 4.15. The Kier molecular flexibility index (Phi) is 5.17. The molecular formula is C16H24N2O3. The van der Waals surface area contributed by atoms with Crippen molar-refractivity contribution in [1.29, 1.82) is 0 Å². The highest BCUT2D eigenvalue weighted by molar-refractivity contribution is 5.62. The highest BCUT2D eigenvalue weighted by atomic mass is 16.6. The molecule has 0 radical (unpaired) electrons. The average Bonchev–Trinajstić information content (AvgIpc) is 2.43. The number of nitro groups is 1. The first-order valence-corrected chi connectivity index (χ1v) is 7.56. The quantitative estimate of drug-likeness (QED) is 0.658. The monoisotopic (exact) mass is 292 g/mol. The zero-order valence-corrected chi connectivity index (χ0v) is 13.0. The van der Waals surface area contributed by atoms with E-state index in [1.807, 2.05) is 6.07 Å². The summed E-state index contributed by atoms with van der Waals surface area (Å²) >= 11 is 0.